The van der Waals surface area contributed by atoms with E-state index >= 15 is 0 Å². The quantitative estimate of drug-likeness (QED) is 0.825. The fourth-order valence-electron chi connectivity index (χ4n) is 2.14. The van der Waals surface area contributed by atoms with Crippen LogP contribution in [0.25, 0.3) is 0 Å². The number of nitrogens with two attached hydrogens (primary N) is 1. The van der Waals surface area contributed by atoms with Gasteiger partial charge in [-0.2, -0.15) is 0 Å². The third kappa shape index (κ3) is 1.83. The van der Waals surface area contributed by atoms with Gasteiger partial charge in [0.2, 0.25) is 5.91 Å². The van der Waals surface area contributed by atoms with Gasteiger partial charge in [-0.05, 0) is 30.0 Å². The molecule has 1 aliphatic rings. The number of nitrogens with zero attached hydrogens (tertiary/aromatic N) is 1. The second-order valence-corrected chi connectivity index (χ2v) is 4.36. The van der Waals surface area contributed by atoms with Gasteiger partial charge in [-0.25, -0.2) is 0 Å². The number of benzene rings is 1. The monoisotopic (exact) mass is 218 g/mol. The van der Waals surface area contributed by atoms with Crippen molar-refractivity contribution in [3.63, 3.8) is 0 Å². The first kappa shape index (κ1) is 11.1. The van der Waals surface area contributed by atoms with Crippen molar-refractivity contribution in [3.05, 3.63) is 29.3 Å². The summed E-state index contributed by atoms with van der Waals surface area (Å²) in [6.45, 7) is 2.08. The first-order valence-corrected chi connectivity index (χ1v) is 5.78. The minimum absolute atomic E-state index is 0.105. The zero-order valence-corrected chi connectivity index (χ0v) is 9.86. The van der Waals surface area contributed by atoms with Crippen molar-refractivity contribution in [2.24, 2.45) is 5.73 Å². The Kier molecular flexibility index (Phi) is 2.97. The van der Waals surface area contributed by atoms with Gasteiger partial charge in [-0.1, -0.05) is 19.1 Å². The summed E-state index contributed by atoms with van der Waals surface area (Å²) in [6.07, 6.45) is 2.38. The van der Waals surface area contributed by atoms with Gasteiger partial charge in [0.1, 0.15) is 0 Å². The first-order valence-electron chi connectivity index (χ1n) is 5.78. The number of hydrogen-bond acceptors (Lipinski definition) is 2. The van der Waals surface area contributed by atoms with E-state index in [2.05, 4.69) is 13.0 Å². The van der Waals surface area contributed by atoms with Gasteiger partial charge in [0.25, 0.3) is 0 Å². The molecule has 2 N–H and O–H groups in total. The molecule has 16 heavy (non-hydrogen) atoms. The normalized spacial score (nSPS) is 17.2. The zero-order chi connectivity index (χ0) is 11.7. The number of anilines is 1. The Labute approximate surface area is 96.2 Å². The molecular weight excluding hydrogens is 200 g/mol. The summed E-state index contributed by atoms with van der Waals surface area (Å²) < 4.78 is 0. The van der Waals surface area contributed by atoms with Crippen LogP contribution in [0.2, 0.25) is 0 Å². The molecule has 1 heterocycles. The van der Waals surface area contributed by atoms with Crippen LogP contribution in [0.3, 0.4) is 0 Å². The molecule has 0 saturated carbocycles. The van der Waals surface area contributed by atoms with Crippen molar-refractivity contribution < 1.29 is 4.79 Å². The van der Waals surface area contributed by atoms with Gasteiger partial charge in [0, 0.05) is 25.2 Å². The predicted molar refractivity (Wildman–Crippen MR) is 65.4 cm³/mol. The van der Waals surface area contributed by atoms with Crippen molar-refractivity contribution in [3.8, 4) is 0 Å². The highest BCUT2D eigenvalue weighted by atomic mass is 16.2. The molecule has 0 radical (unpaired) electrons. The maximum atomic E-state index is 11.5. The topological polar surface area (TPSA) is 46.3 Å². The maximum absolute atomic E-state index is 11.5. The van der Waals surface area contributed by atoms with Gasteiger partial charge in [0.15, 0.2) is 0 Å². The molecule has 3 heteroatoms. The number of carbonyl (C=O) groups is 1. The first-order chi connectivity index (χ1) is 7.63. The summed E-state index contributed by atoms with van der Waals surface area (Å²) in [5.74, 6) is 0.194. The number of aryl methyl sites for hydroxylation is 1. The average Bonchev–Trinajstić information content (AvgIpc) is 2.32. The van der Waals surface area contributed by atoms with E-state index in [1.165, 1.54) is 11.1 Å². The predicted octanol–water partition coefficient (Wildman–Crippen LogP) is 2.01. The fourth-order valence-corrected chi connectivity index (χ4v) is 2.14. The summed E-state index contributed by atoms with van der Waals surface area (Å²) in [4.78, 5) is 13.3. The van der Waals surface area contributed by atoms with E-state index in [0.29, 0.717) is 6.42 Å². The molecule has 0 spiro atoms. The number of amides is 1. The maximum Gasteiger partial charge on any atom is 0.227 e. The van der Waals surface area contributed by atoms with Crippen LogP contribution in [0, 0.1) is 0 Å². The average molecular weight is 218 g/mol. The lowest BCUT2D eigenvalue weighted by molar-refractivity contribution is -0.118. The Bertz CT molecular complexity index is 414. The lowest BCUT2D eigenvalue weighted by Crippen LogP contribution is -2.31. The molecule has 0 bridgehead atoms. The second-order valence-electron chi connectivity index (χ2n) is 4.36. The third-order valence-electron chi connectivity index (χ3n) is 3.32. The minimum atomic E-state index is 0.105. The Balaban J connectivity index is 2.37. The summed E-state index contributed by atoms with van der Waals surface area (Å²) in [5, 5.41) is 0. The molecule has 0 unspecified atom stereocenters. The Morgan fingerprint density at radius 1 is 1.44 bits per heavy atom. The van der Waals surface area contributed by atoms with Crippen LogP contribution < -0.4 is 10.6 Å². The van der Waals surface area contributed by atoms with E-state index in [0.717, 1.165) is 18.5 Å². The van der Waals surface area contributed by atoms with E-state index in [4.69, 9.17) is 5.73 Å². The highest BCUT2D eigenvalue weighted by Crippen LogP contribution is 2.29. The van der Waals surface area contributed by atoms with Crippen molar-refractivity contribution >= 4 is 11.6 Å². The van der Waals surface area contributed by atoms with Gasteiger partial charge in [-0.3, -0.25) is 4.79 Å². The van der Waals surface area contributed by atoms with E-state index in [1.807, 2.05) is 19.2 Å². The number of hydrogen-bond donors (Lipinski definition) is 1. The van der Waals surface area contributed by atoms with Gasteiger partial charge in [-0.15, -0.1) is 0 Å². The van der Waals surface area contributed by atoms with Crippen LogP contribution in [0.1, 0.15) is 36.9 Å². The highest BCUT2D eigenvalue weighted by Gasteiger charge is 2.21. The van der Waals surface area contributed by atoms with E-state index in [9.17, 15) is 4.79 Å². The van der Waals surface area contributed by atoms with Crippen LogP contribution in [0.4, 0.5) is 5.69 Å². The van der Waals surface area contributed by atoms with Crippen molar-refractivity contribution in [2.75, 3.05) is 11.9 Å². The molecule has 3 nitrogen and oxygen atoms in total. The SMILES string of the molecule is CC[C@H](N)c1ccc2c(c1)CCC(=O)N2C. The Morgan fingerprint density at radius 2 is 2.19 bits per heavy atom. The van der Waals surface area contributed by atoms with Crippen molar-refractivity contribution in [1.29, 1.82) is 0 Å². The van der Waals surface area contributed by atoms with Crippen LogP contribution in [0.5, 0.6) is 0 Å². The lowest BCUT2D eigenvalue weighted by atomic mass is 9.96. The Hall–Kier alpha value is -1.35. The molecule has 1 aromatic rings. The summed E-state index contributed by atoms with van der Waals surface area (Å²) in [6, 6.07) is 6.29. The number of rotatable bonds is 2. The van der Waals surface area contributed by atoms with E-state index < -0.39 is 0 Å². The molecule has 0 fully saturated rings. The third-order valence-corrected chi connectivity index (χ3v) is 3.32. The fraction of sp³-hybridized carbons (Fsp3) is 0.462. The molecule has 86 valence electrons. The van der Waals surface area contributed by atoms with Crippen molar-refractivity contribution in [1.82, 2.24) is 0 Å². The number of fused-ring (bicyclic) bond motifs is 1. The van der Waals surface area contributed by atoms with Crippen LogP contribution in [0.15, 0.2) is 18.2 Å². The van der Waals surface area contributed by atoms with Gasteiger partial charge >= 0.3 is 0 Å². The van der Waals surface area contributed by atoms with Gasteiger partial charge < -0.3 is 10.6 Å². The molecule has 1 amide bonds. The largest absolute Gasteiger partial charge is 0.324 e. The van der Waals surface area contributed by atoms with Crippen LogP contribution >= 0.6 is 0 Å². The standard InChI is InChI=1S/C13H18N2O/c1-3-11(14)9-4-6-12-10(8-9)5-7-13(16)15(12)2/h4,6,8,11H,3,5,7,14H2,1-2H3/t11-/m0/s1. The molecular formula is C13H18N2O. The molecule has 1 atom stereocenters. The number of carbonyl (C=O) groups excluding carboxylic acids is 1. The summed E-state index contributed by atoms with van der Waals surface area (Å²) in [7, 11) is 1.83. The van der Waals surface area contributed by atoms with Gasteiger partial charge in [0.05, 0.1) is 0 Å². The lowest BCUT2D eigenvalue weighted by Gasteiger charge is -2.26. The van der Waals surface area contributed by atoms with Crippen LogP contribution in [-0.4, -0.2) is 13.0 Å². The molecule has 2 rings (SSSR count). The smallest absolute Gasteiger partial charge is 0.227 e. The highest BCUT2D eigenvalue weighted by molar-refractivity contribution is 5.95. The van der Waals surface area contributed by atoms with Crippen LogP contribution in [-0.2, 0) is 11.2 Å². The molecule has 1 aromatic carbocycles. The summed E-state index contributed by atoms with van der Waals surface area (Å²) >= 11 is 0. The molecule has 0 aliphatic carbocycles. The summed E-state index contributed by atoms with van der Waals surface area (Å²) in [5.41, 5.74) is 9.45. The zero-order valence-electron chi connectivity index (χ0n) is 9.86. The molecule has 0 aromatic heterocycles. The van der Waals surface area contributed by atoms with E-state index in [-0.39, 0.29) is 11.9 Å². The van der Waals surface area contributed by atoms with Crippen molar-refractivity contribution in [2.45, 2.75) is 32.2 Å². The molecule has 1 aliphatic heterocycles. The molecule has 0 saturated heterocycles. The van der Waals surface area contributed by atoms with E-state index in [1.54, 1.807) is 4.90 Å². The second kappa shape index (κ2) is 4.26. The Morgan fingerprint density at radius 3 is 2.88 bits per heavy atom. The minimum Gasteiger partial charge on any atom is -0.324 e.